The summed E-state index contributed by atoms with van der Waals surface area (Å²) >= 11 is 0. The summed E-state index contributed by atoms with van der Waals surface area (Å²) in [6.45, 7) is 2.14. The average molecular weight is 392 g/mol. The summed E-state index contributed by atoms with van der Waals surface area (Å²) in [6.07, 6.45) is 3.47. The minimum Gasteiger partial charge on any atom is -0.356 e. The van der Waals surface area contributed by atoms with Gasteiger partial charge < -0.3 is 10.2 Å². The normalized spacial score (nSPS) is 16.9. The van der Waals surface area contributed by atoms with Crippen molar-refractivity contribution in [2.45, 2.75) is 32.4 Å². The molecular formula is C21H24N6O2. The first-order valence-corrected chi connectivity index (χ1v) is 9.94. The number of pyridine rings is 1. The van der Waals surface area contributed by atoms with Crippen LogP contribution in [-0.4, -0.2) is 49.8 Å². The van der Waals surface area contributed by atoms with E-state index < -0.39 is 0 Å². The predicted octanol–water partition coefficient (Wildman–Crippen LogP) is 1.77. The number of piperidine rings is 1. The maximum atomic E-state index is 12.6. The Morgan fingerprint density at radius 2 is 2.03 bits per heavy atom. The van der Waals surface area contributed by atoms with Crippen molar-refractivity contribution in [3.63, 3.8) is 0 Å². The van der Waals surface area contributed by atoms with Crippen LogP contribution in [0.3, 0.4) is 0 Å². The molecule has 0 spiro atoms. The van der Waals surface area contributed by atoms with Gasteiger partial charge in [-0.15, -0.1) is 5.10 Å². The molecule has 3 heterocycles. The molecule has 8 nitrogen and oxygen atoms in total. The van der Waals surface area contributed by atoms with Crippen molar-refractivity contribution in [1.82, 2.24) is 30.2 Å². The van der Waals surface area contributed by atoms with Crippen molar-refractivity contribution < 1.29 is 9.59 Å². The fraction of sp³-hybridized carbons (Fsp3) is 0.381. The molecule has 1 unspecified atom stereocenters. The summed E-state index contributed by atoms with van der Waals surface area (Å²) in [5.41, 5.74) is 2.70. The topological polar surface area (TPSA) is 93.0 Å². The summed E-state index contributed by atoms with van der Waals surface area (Å²) in [7, 11) is 0. The number of carbonyl (C=O) groups is 2. The van der Waals surface area contributed by atoms with Crippen molar-refractivity contribution in [3.8, 4) is 0 Å². The maximum Gasteiger partial charge on any atom is 0.224 e. The molecular weight excluding hydrogens is 368 g/mol. The molecule has 1 atom stereocenters. The minimum absolute atomic E-state index is 0.00645. The second-order valence-corrected chi connectivity index (χ2v) is 7.28. The lowest BCUT2D eigenvalue weighted by Crippen LogP contribution is -2.45. The van der Waals surface area contributed by atoms with Crippen molar-refractivity contribution in [1.29, 1.82) is 0 Å². The highest BCUT2D eigenvalue weighted by Gasteiger charge is 2.30. The van der Waals surface area contributed by atoms with Gasteiger partial charge in [0, 0.05) is 32.3 Å². The summed E-state index contributed by atoms with van der Waals surface area (Å²) in [5.74, 6) is -0.0895. The molecule has 8 heteroatoms. The molecule has 1 aromatic carbocycles. The number of carbonyl (C=O) groups excluding carboxylic acids is 2. The van der Waals surface area contributed by atoms with Gasteiger partial charge in [-0.3, -0.25) is 14.6 Å². The van der Waals surface area contributed by atoms with Gasteiger partial charge in [0.15, 0.2) is 0 Å². The molecule has 0 aliphatic carbocycles. The van der Waals surface area contributed by atoms with E-state index in [-0.39, 0.29) is 17.7 Å². The number of amides is 2. The first-order valence-electron chi connectivity index (χ1n) is 9.94. The quantitative estimate of drug-likeness (QED) is 0.619. The Hall–Kier alpha value is -3.29. The molecule has 1 aliphatic heterocycles. The van der Waals surface area contributed by atoms with E-state index in [1.165, 1.54) is 0 Å². The molecule has 2 amide bonds. The van der Waals surface area contributed by atoms with Gasteiger partial charge in [0.1, 0.15) is 5.52 Å². The van der Waals surface area contributed by atoms with Crippen LogP contribution in [0.1, 0.15) is 25.0 Å². The van der Waals surface area contributed by atoms with Crippen molar-refractivity contribution >= 4 is 22.8 Å². The molecule has 3 aromatic rings. The van der Waals surface area contributed by atoms with E-state index in [4.69, 9.17) is 0 Å². The number of para-hydroxylation sites is 1. The maximum absolute atomic E-state index is 12.6. The number of rotatable bonds is 7. The second-order valence-electron chi connectivity index (χ2n) is 7.28. The minimum atomic E-state index is -0.177. The summed E-state index contributed by atoms with van der Waals surface area (Å²) in [4.78, 5) is 30.8. The number of hydrogen-bond donors (Lipinski definition) is 1. The highest BCUT2D eigenvalue weighted by atomic mass is 16.2. The van der Waals surface area contributed by atoms with E-state index in [2.05, 4.69) is 20.6 Å². The number of nitrogens with zero attached hydrogens (tertiary/aromatic N) is 5. The SMILES string of the molecule is O=C(NCCCn1nnc2ccccc21)C1CCC(=O)N(Cc2ccccn2)C1. The zero-order valence-electron chi connectivity index (χ0n) is 16.2. The first-order chi connectivity index (χ1) is 14.2. The Labute approximate surface area is 168 Å². The van der Waals surface area contributed by atoms with Gasteiger partial charge >= 0.3 is 0 Å². The van der Waals surface area contributed by atoms with Gasteiger partial charge in [0.25, 0.3) is 0 Å². The third-order valence-electron chi connectivity index (χ3n) is 5.22. The molecule has 29 heavy (non-hydrogen) atoms. The third-order valence-corrected chi connectivity index (χ3v) is 5.22. The Balaban J connectivity index is 1.25. The van der Waals surface area contributed by atoms with Crippen LogP contribution in [0.15, 0.2) is 48.7 Å². The zero-order valence-corrected chi connectivity index (χ0v) is 16.2. The number of fused-ring (bicyclic) bond motifs is 1. The van der Waals surface area contributed by atoms with Crippen LogP contribution in [0.4, 0.5) is 0 Å². The number of benzene rings is 1. The van der Waals surface area contributed by atoms with Crippen molar-refractivity contribution in [2.75, 3.05) is 13.1 Å². The Morgan fingerprint density at radius 1 is 1.17 bits per heavy atom. The van der Waals surface area contributed by atoms with Gasteiger partial charge in [-0.05, 0) is 37.1 Å². The number of hydrogen-bond acceptors (Lipinski definition) is 5. The molecule has 1 N–H and O–H groups in total. The van der Waals surface area contributed by atoms with Crippen LogP contribution in [0.5, 0.6) is 0 Å². The highest BCUT2D eigenvalue weighted by molar-refractivity contribution is 5.83. The second kappa shape index (κ2) is 8.81. The van der Waals surface area contributed by atoms with Crippen LogP contribution in [-0.2, 0) is 22.7 Å². The predicted molar refractivity (Wildman–Crippen MR) is 108 cm³/mol. The Morgan fingerprint density at radius 3 is 2.90 bits per heavy atom. The van der Waals surface area contributed by atoms with Gasteiger partial charge in [0.2, 0.25) is 11.8 Å². The molecule has 0 saturated carbocycles. The fourth-order valence-corrected chi connectivity index (χ4v) is 3.64. The molecule has 1 fully saturated rings. The molecule has 150 valence electrons. The van der Waals surface area contributed by atoms with E-state index in [0.29, 0.717) is 39.0 Å². The van der Waals surface area contributed by atoms with E-state index >= 15 is 0 Å². The fourth-order valence-electron chi connectivity index (χ4n) is 3.64. The van der Waals surface area contributed by atoms with E-state index in [1.54, 1.807) is 11.1 Å². The van der Waals surface area contributed by atoms with Gasteiger partial charge in [-0.25, -0.2) is 4.68 Å². The van der Waals surface area contributed by atoms with Crippen LogP contribution in [0.25, 0.3) is 11.0 Å². The third kappa shape index (κ3) is 4.59. The standard InChI is InChI=1S/C21H24N6O2/c28-20-10-9-16(14-26(20)15-17-6-3-4-11-22-17)21(29)23-12-5-13-27-19-8-2-1-7-18(19)24-25-27/h1-4,6-8,11,16H,5,9-10,12-15H2,(H,23,29). The van der Waals surface area contributed by atoms with Crippen LogP contribution < -0.4 is 5.32 Å². The zero-order chi connectivity index (χ0) is 20.1. The Kier molecular flexibility index (Phi) is 5.79. The molecule has 0 radical (unpaired) electrons. The molecule has 2 aromatic heterocycles. The van der Waals surface area contributed by atoms with Crippen molar-refractivity contribution in [3.05, 3.63) is 54.4 Å². The smallest absolute Gasteiger partial charge is 0.224 e. The summed E-state index contributed by atoms with van der Waals surface area (Å²) in [6, 6.07) is 13.5. The number of aryl methyl sites for hydroxylation is 1. The largest absolute Gasteiger partial charge is 0.356 e. The van der Waals surface area contributed by atoms with Crippen molar-refractivity contribution in [2.24, 2.45) is 5.92 Å². The summed E-state index contributed by atoms with van der Waals surface area (Å²) in [5, 5.41) is 11.3. The molecule has 1 saturated heterocycles. The number of nitrogens with one attached hydrogen (secondary N) is 1. The number of likely N-dealkylation sites (tertiary alicyclic amines) is 1. The van der Waals surface area contributed by atoms with E-state index in [0.717, 1.165) is 23.1 Å². The first kappa shape index (κ1) is 19.0. The van der Waals surface area contributed by atoms with E-state index in [1.807, 2.05) is 47.1 Å². The van der Waals surface area contributed by atoms with Crippen LogP contribution in [0, 0.1) is 5.92 Å². The van der Waals surface area contributed by atoms with Gasteiger partial charge in [0.05, 0.1) is 23.7 Å². The van der Waals surface area contributed by atoms with Crippen LogP contribution >= 0.6 is 0 Å². The van der Waals surface area contributed by atoms with Gasteiger partial charge in [-0.1, -0.05) is 23.4 Å². The molecule has 0 bridgehead atoms. The molecule has 4 rings (SSSR count). The Bertz CT molecular complexity index is 987. The summed E-state index contributed by atoms with van der Waals surface area (Å²) < 4.78 is 1.86. The monoisotopic (exact) mass is 392 g/mol. The van der Waals surface area contributed by atoms with E-state index in [9.17, 15) is 9.59 Å². The highest BCUT2D eigenvalue weighted by Crippen LogP contribution is 2.19. The lowest BCUT2D eigenvalue weighted by Gasteiger charge is -2.31. The lowest BCUT2D eigenvalue weighted by molar-refractivity contribution is -0.139. The lowest BCUT2D eigenvalue weighted by atomic mass is 9.96. The van der Waals surface area contributed by atoms with Crippen LogP contribution in [0.2, 0.25) is 0 Å². The molecule has 1 aliphatic rings. The average Bonchev–Trinajstić information content (AvgIpc) is 3.16. The number of aromatic nitrogens is 4. The van der Waals surface area contributed by atoms with Gasteiger partial charge in [-0.2, -0.15) is 0 Å².